The van der Waals surface area contributed by atoms with E-state index in [2.05, 4.69) is 28.1 Å². The van der Waals surface area contributed by atoms with Gasteiger partial charge in [0.25, 0.3) is 0 Å². The first-order chi connectivity index (χ1) is 12.6. The number of amides is 1. The highest BCUT2D eigenvalue weighted by Gasteiger charge is 2.28. The molecule has 1 aliphatic carbocycles. The minimum absolute atomic E-state index is 0.0610. The van der Waals surface area contributed by atoms with Crippen LogP contribution in [0, 0.1) is 5.92 Å². The summed E-state index contributed by atoms with van der Waals surface area (Å²) in [6.07, 6.45) is 4.72. The maximum Gasteiger partial charge on any atom is 0.237 e. The van der Waals surface area contributed by atoms with Crippen LogP contribution in [-0.4, -0.2) is 56.2 Å². The van der Waals surface area contributed by atoms with Crippen LogP contribution in [0.2, 0.25) is 0 Å². The second-order valence-corrected chi connectivity index (χ2v) is 7.84. The third-order valence-electron chi connectivity index (χ3n) is 6.03. The van der Waals surface area contributed by atoms with Gasteiger partial charge in [0.2, 0.25) is 5.91 Å². The Hall–Kier alpha value is -1.75. The summed E-state index contributed by atoms with van der Waals surface area (Å²) in [4.78, 5) is 17.3. The first-order valence-electron chi connectivity index (χ1n) is 10.0. The molecule has 1 aliphatic heterocycles. The van der Waals surface area contributed by atoms with Crippen LogP contribution in [0.1, 0.15) is 39.5 Å². The molecule has 26 heavy (non-hydrogen) atoms. The fourth-order valence-corrected chi connectivity index (χ4v) is 4.13. The molecule has 0 aromatic heterocycles. The van der Waals surface area contributed by atoms with E-state index in [0.29, 0.717) is 6.04 Å². The summed E-state index contributed by atoms with van der Waals surface area (Å²) in [6, 6.07) is 8.46. The molecular weight excluding hydrogens is 326 g/mol. The molecule has 0 spiro atoms. The zero-order chi connectivity index (χ0) is 18.5. The number of hydrogen-bond donors (Lipinski definition) is 1. The van der Waals surface area contributed by atoms with Crippen LogP contribution in [0.5, 0.6) is 5.75 Å². The van der Waals surface area contributed by atoms with Gasteiger partial charge in [0, 0.05) is 32.2 Å². The molecular formula is C21H33N3O2. The smallest absolute Gasteiger partial charge is 0.237 e. The van der Waals surface area contributed by atoms with Gasteiger partial charge in [-0.3, -0.25) is 9.69 Å². The molecule has 1 saturated carbocycles. The van der Waals surface area contributed by atoms with Gasteiger partial charge in [0.15, 0.2) is 0 Å². The molecule has 1 unspecified atom stereocenters. The van der Waals surface area contributed by atoms with Crippen LogP contribution in [0.3, 0.4) is 0 Å². The van der Waals surface area contributed by atoms with E-state index in [1.165, 1.54) is 12.8 Å². The van der Waals surface area contributed by atoms with E-state index < -0.39 is 0 Å². The van der Waals surface area contributed by atoms with Gasteiger partial charge in [-0.25, -0.2) is 0 Å². The van der Waals surface area contributed by atoms with Crippen LogP contribution in [0.25, 0.3) is 0 Å². The van der Waals surface area contributed by atoms with Crippen molar-refractivity contribution in [2.45, 2.75) is 51.6 Å². The molecule has 0 radical (unpaired) electrons. The zero-order valence-corrected chi connectivity index (χ0v) is 16.4. The fourth-order valence-electron chi connectivity index (χ4n) is 4.13. The highest BCUT2D eigenvalue weighted by Crippen LogP contribution is 2.28. The summed E-state index contributed by atoms with van der Waals surface area (Å²) >= 11 is 0. The van der Waals surface area contributed by atoms with Crippen molar-refractivity contribution in [3.63, 3.8) is 0 Å². The van der Waals surface area contributed by atoms with Gasteiger partial charge in [-0.1, -0.05) is 19.1 Å². The molecule has 5 heteroatoms. The number of para-hydroxylation sites is 2. The van der Waals surface area contributed by atoms with Crippen LogP contribution in [0.4, 0.5) is 5.69 Å². The van der Waals surface area contributed by atoms with E-state index in [0.717, 1.165) is 56.4 Å². The number of benzene rings is 1. The summed E-state index contributed by atoms with van der Waals surface area (Å²) in [6.45, 7) is 7.97. The number of nitrogens with zero attached hydrogens (tertiary/aromatic N) is 2. The number of carbonyl (C=O) groups excluding carboxylic acids is 1. The molecule has 1 aromatic rings. The molecule has 2 aliphatic rings. The highest BCUT2D eigenvalue weighted by molar-refractivity contribution is 5.81. The normalized spacial score (nSPS) is 25.6. The molecule has 1 N–H and O–H groups in total. The largest absolute Gasteiger partial charge is 0.495 e. The van der Waals surface area contributed by atoms with E-state index in [1.807, 2.05) is 25.1 Å². The summed E-state index contributed by atoms with van der Waals surface area (Å²) < 4.78 is 5.48. The zero-order valence-electron chi connectivity index (χ0n) is 16.4. The Kier molecular flexibility index (Phi) is 6.41. The molecule has 1 aromatic carbocycles. The Morgan fingerprint density at radius 3 is 2.42 bits per heavy atom. The minimum atomic E-state index is -0.0610. The highest BCUT2D eigenvalue weighted by atomic mass is 16.5. The predicted molar refractivity (Wildman–Crippen MR) is 106 cm³/mol. The van der Waals surface area contributed by atoms with Crippen molar-refractivity contribution in [1.82, 2.24) is 10.2 Å². The molecule has 1 saturated heterocycles. The van der Waals surface area contributed by atoms with Crippen molar-refractivity contribution in [3.8, 4) is 5.75 Å². The Balaban J connectivity index is 1.50. The van der Waals surface area contributed by atoms with Gasteiger partial charge in [0.1, 0.15) is 5.75 Å². The fraction of sp³-hybridized carbons (Fsp3) is 0.667. The number of methoxy groups -OCH3 is 1. The molecule has 5 nitrogen and oxygen atoms in total. The number of piperazine rings is 1. The second kappa shape index (κ2) is 8.76. The molecule has 2 fully saturated rings. The van der Waals surface area contributed by atoms with Crippen molar-refractivity contribution in [2.75, 3.05) is 38.2 Å². The molecule has 1 atom stereocenters. The first-order valence-corrected chi connectivity index (χ1v) is 10.0. The Bertz CT molecular complexity index is 591. The van der Waals surface area contributed by atoms with Crippen molar-refractivity contribution < 1.29 is 9.53 Å². The average molecular weight is 360 g/mol. The number of carbonyl (C=O) groups is 1. The van der Waals surface area contributed by atoms with Gasteiger partial charge >= 0.3 is 0 Å². The third-order valence-corrected chi connectivity index (χ3v) is 6.03. The lowest BCUT2D eigenvalue weighted by molar-refractivity contribution is -0.127. The minimum Gasteiger partial charge on any atom is -0.495 e. The van der Waals surface area contributed by atoms with E-state index in [-0.39, 0.29) is 11.9 Å². The van der Waals surface area contributed by atoms with Gasteiger partial charge in [-0.2, -0.15) is 0 Å². The first kappa shape index (κ1) is 19.0. The van der Waals surface area contributed by atoms with Crippen molar-refractivity contribution >= 4 is 11.6 Å². The number of hydrogen-bond acceptors (Lipinski definition) is 4. The van der Waals surface area contributed by atoms with Crippen LogP contribution < -0.4 is 15.0 Å². The summed E-state index contributed by atoms with van der Waals surface area (Å²) in [5.41, 5.74) is 1.14. The second-order valence-electron chi connectivity index (χ2n) is 7.84. The number of ether oxygens (including phenoxy) is 1. The SMILES string of the molecule is COc1ccccc1N1CCN(C(C)C(=O)NC2CCC(C)CC2)CC1. The molecule has 1 heterocycles. The van der Waals surface area contributed by atoms with Crippen molar-refractivity contribution in [2.24, 2.45) is 5.92 Å². The van der Waals surface area contributed by atoms with Gasteiger partial charge in [-0.15, -0.1) is 0 Å². The number of nitrogens with one attached hydrogen (secondary N) is 1. The van der Waals surface area contributed by atoms with E-state index in [4.69, 9.17) is 4.74 Å². The standard InChI is InChI=1S/C21H33N3O2/c1-16-8-10-18(11-9-16)22-21(25)17(2)23-12-14-24(15-13-23)19-6-4-5-7-20(19)26-3/h4-7,16-18H,8-15H2,1-3H3,(H,22,25). The van der Waals surface area contributed by atoms with Crippen molar-refractivity contribution in [1.29, 1.82) is 0 Å². The Labute approximate surface area is 157 Å². The number of rotatable bonds is 5. The predicted octanol–water partition coefficient (Wildman–Crippen LogP) is 2.90. The van der Waals surface area contributed by atoms with Gasteiger partial charge in [0.05, 0.1) is 18.8 Å². The lowest BCUT2D eigenvalue weighted by Crippen LogP contribution is -2.55. The van der Waals surface area contributed by atoms with Gasteiger partial charge < -0.3 is 15.0 Å². The topological polar surface area (TPSA) is 44.8 Å². The summed E-state index contributed by atoms with van der Waals surface area (Å²) in [5.74, 6) is 1.91. The lowest BCUT2D eigenvalue weighted by Gasteiger charge is -2.39. The Morgan fingerprint density at radius 1 is 1.12 bits per heavy atom. The summed E-state index contributed by atoms with van der Waals surface area (Å²) in [7, 11) is 1.72. The molecule has 144 valence electrons. The van der Waals surface area contributed by atoms with Crippen LogP contribution in [-0.2, 0) is 4.79 Å². The van der Waals surface area contributed by atoms with Crippen LogP contribution in [0.15, 0.2) is 24.3 Å². The lowest BCUT2D eigenvalue weighted by atomic mass is 9.87. The van der Waals surface area contributed by atoms with Crippen LogP contribution >= 0.6 is 0 Å². The van der Waals surface area contributed by atoms with Crippen molar-refractivity contribution in [3.05, 3.63) is 24.3 Å². The summed E-state index contributed by atoms with van der Waals surface area (Å²) in [5, 5.41) is 3.28. The Morgan fingerprint density at radius 2 is 1.77 bits per heavy atom. The maximum absolute atomic E-state index is 12.7. The molecule has 1 amide bonds. The van der Waals surface area contributed by atoms with E-state index >= 15 is 0 Å². The average Bonchev–Trinajstić information content (AvgIpc) is 2.69. The number of anilines is 1. The van der Waals surface area contributed by atoms with E-state index in [1.54, 1.807) is 7.11 Å². The maximum atomic E-state index is 12.7. The van der Waals surface area contributed by atoms with Gasteiger partial charge in [-0.05, 0) is 50.7 Å². The third kappa shape index (κ3) is 4.50. The molecule has 3 rings (SSSR count). The molecule has 0 bridgehead atoms. The van der Waals surface area contributed by atoms with E-state index in [9.17, 15) is 4.79 Å². The quantitative estimate of drug-likeness (QED) is 0.878. The monoisotopic (exact) mass is 359 g/mol.